The Balaban J connectivity index is 1.54. The van der Waals surface area contributed by atoms with Gasteiger partial charge >= 0.3 is 5.97 Å². The molecule has 6 heteroatoms. The summed E-state index contributed by atoms with van der Waals surface area (Å²) in [5, 5.41) is 12.5. The molecule has 0 bridgehead atoms. The van der Waals surface area contributed by atoms with Crippen molar-refractivity contribution >= 4 is 23.5 Å². The highest BCUT2D eigenvalue weighted by atomic mass is 16.4. The van der Waals surface area contributed by atoms with Crippen LogP contribution in [-0.4, -0.2) is 34.3 Å². The van der Waals surface area contributed by atoms with Crippen LogP contribution in [0.25, 0.3) is 0 Å². The van der Waals surface area contributed by atoms with Gasteiger partial charge in [-0.15, -0.1) is 0 Å². The molecule has 138 valence electrons. The number of carbonyl (C=O) groups is 3. The van der Waals surface area contributed by atoms with E-state index in [1.165, 1.54) is 4.90 Å². The zero-order chi connectivity index (χ0) is 19.0. The molecule has 2 amide bonds. The first-order valence-electron chi connectivity index (χ1n) is 9.07. The van der Waals surface area contributed by atoms with E-state index in [0.29, 0.717) is 29.8 Å². The lowest BCUT2D eigenvalue weighted by atomic mass is 9.92. The van der Waals surface area contributed by atoms with Gasteiger partial charge in [-0.2, -0.15) is 0 Å². The quantitative estimate of drug-likeness (QED) is 0.873. The number of aliphatic carboxylic acids is 1. The van der Waals surface area contributed by atoms with E-state index in [1.54, 1.807) is 36.4 Å². The summed E-state index contributed by atoms with van der Waals surface area (Å²) in [7, 11) is 0. The van der Waals surface area contributed by atoms with Gasteiger partial charge in [-0.1, -0.05) is 24.3 Å². The summed E-state index contributed by atoms with van der Waals surface area (Å²) < 4.78 is 0. The summed E-state index contributed by atoms with van der Waals surface area (Å²) in [5.41, 5.74) is 2.68. The summed E-state index contributed by atoms with van der Waals surface area (Å²) in [4.78, 5) is 38.0. The van der Waals surface area contributed by atoms with Crippen LogP contribution in [0.15, 0.2) is 48.5 Å². The average Bonchev–Trinajstić information content (AvgIpc) is 3.52. The highest BCUT2D eigenvalue weighted by molar-refractivity contribution is 5.98. The zero-order valence-electron chi connectivity index (χ0n) is 14.7. The Labute approximate surface area is 156 Å². The smallest absolute Gasteiger partial charge is 0.331 e. The van der Waals surface area contributed by atoms with Gasteiger partial charge in [-0.25, -0.2) is 4.79 Å². The number of carboxylic acid groups (broad SMARTS) is 1. The van der Waals surface area contributed by atoms with Crippen molar-refractivity contribution in [1.29, 1.82) is 0 Å². The number of hydrogen-bond acceptors (Lipinski definition) is 3. The summed E-state index contributed by atoms with van der Waals surface area (Å²) >= 11 is 0. The van der Waals surface area contributed by atoms with Crippen molar-refractivity contribution in [3.05, 3.63) is 65.2 Å². The number of fused-ring (bicyclic) bond motifs is 1. The second-order valence-corrected chi connectivity index (χ2v) is 7.03. The molecule has 0 aromatic heterocycles. The van der Waals surface area contributed by atoms with Gasteiger partial charge in [-0.05, 0) is 54.7 Å². The molecule has 6 nitrogen and oxygen atoms in total. The van der Waals surface area contributed by atoms with Gasteiger partial charge in [-0.3, -0.25) is 9.59 Å². The number of nitrogens with zero attached hydrogens (tertiary/aromatic N) is 1. The summed E-state index contributed by atoms with van der Waals surface area (Å²) in [6.07, 6.45) is 2.48. The van der Waals surface area contributed by atoms with Crippen LogP contribution in [-0.2, 0) is 16.0 Å². The minimum atomic E-state index is -1.04. The molecule has 1 fully saturated rings. The van der Waals surface area contributed by atoms with Crippen LogP contribution >= 0.6 is 0 Å². The SMILES string of the molecule is O=C(Nc1ccc(C(=O)N2CCc3ccccc3C2C(=O)O)cc1)C1CC1. The Bertz CT molecular complexity index is 903. The highest BCUT2D eigenvalue weighted by Crippen LogP contribution is 2.32. The van der Waals surface area contributed by atoms with Crippen LogP contribution < -0.4 is 5.32 Å². The Morgan fingerprint density at radius 1 is 1.00 bits per heavy atom. The van der Waals surface area contributed by atoms with Gasteiger partial charge in [0.15, 0.2) is 6.04 Å². The van der Waals surface area contributed by atoms with E-state index in [9.17, 15) is 19.5 Å². The third-order valence-corrected chi connectivity index (χ3v) is 5.13. The van der Waals surface area contributed by atoms with Crippen LogP contribution in [0.3, 0.4) is 0 Å². The number of carbonyl (C=O) groups excluding carboxylic acids is 2. The van der Waals surface area contributed by atoms with Crippen molar-refractivity contribution in [3.8, 4) is 0 Å². The zero-order valence-corrected chi connectivity index (χ0v) is 14.7. The fraction of sp³-hybridized carbons (Fsp3) is 0.286. The van der Waals surface area contributed by atoms with Gasteiger partial charge < -0.3 is 15.3 Å². The number of anilines is 1. The lowest BCUT2D eigenvalue weighted by Crippen LogP contribution is -2.43. The molecule has 0 radical (unpaired) electrons. The van der Waals surface area contributed by atoms with E-state index in [4.69, 9.17) is 0 Å². The fourth-order valence-corrected chi connectivity index (χ4v) is 3.50. The normalized spacial score (nSPS) is 18.5. The molecule has 2 aromatic rings. The van der Waals surface area contributed by atoms with Crippen molar-refractivity contribution in [3.63, 3.8) is 0 Å². The van der Waals surface area contributed by atoms with E-state index in [-0.39, 0.29) is 17.7 Å². The number of carboxylic acids is 1. The molecule has 0 saturated heterocycles. The predicted molar refractivity (Wildman–Crippen MR) is 99.4 cm³/mol. The minimum absolute atomic E-state index is 0.00709. The molecule has 1 aliphatic heterocycles. The van der Waals surface area contributed by atoms with Crippen molar-refractivity contribution in [2.45, 2.75) is 25.3 Å². The van der Waals surface area contributed by atoms with Crippen LogP contribution in [0.4, 0.5) is 5.69 Å². The van der Waals surface area contributed by atoms with Crippen LogP contribution in [0.2, 0.25) is 0 Å². The molecular formula is C21H20N2O4. The Morgan fingerprint density at radius 2 is 1.70 bits per heavy atom. The molecule has 2 N–H and O–H groups in total. The number of hydrogen-bond donors (Lipinski definition) is 2. The second kappa shape index (κ2) is 6.87. The van der Waals surface area contributed by atoms with Gasteiger partial charge in [0.05, 0.1) is 0 Å². The number of nitrogens with one attached hydrogen (secondary N) is 1. The maximum Gasteiger partial charge on any atom is 0.331 e. The van der Waals surface area contributed by atoms with E-state index < -0.39 is 12.0 Å². The maximum atomic E-state index is 13.0. The monoisotopic (exact) mass is 364 g/mol. The average molecular weight is 364 g/mol. The van der Waals surface area contributed by atoms with Crippen LogP contribution in [0.5, 0.6) is 0 Å². The van der Waals surface area contributed by atoms with Crippen molar-refractivity contribution in [2.24, 2.45) is 5.92 Å². The largest absolute Gasteiger partial charge is 0.479 e. The minimum Gasteiger partial charge on any atom is -0.479 e. The third kappa shape index (κ3) is 3.43. The van der Waals surface area contributed by atoms with E-state index in [1.807, 2.05) is 12.1 Å². The summed E-state index contributed by atoms with van der Waals surface area (Å²) in [5.74, 6) is -1.25. The molecule has 1 aliphatic carbocycles. The van der Waals surface area contributed by atoms with E-state index >= 15 is 0 Å². The molecule has 2 aromatic carbocycles. The first kappa shape index (κ1) is 17.3. The Hall–Kier alpha value is -3.15. The molecule has 0 spiro atoms. The molecule has 1 heterocycles. The molecular weight excluding hydrogens is 344 g/mol. The fourth-order valence-electron chi connectivity index (χ4n) is 3.50. The second-order valence-electron chi connectivity index (χ2n) is 7.03. The number of benzene rings is 2. The summed E-state index contributed by atoms with van der Waals surface area (Å²) in [6.45, 7) is 0.354. The standard InChI is InChI=1S/C21H20N2O4/c24-19(14-5-6-14)22-16-9-7-15(8-10-16)20(25)23-12-11-13-3-1-2-4-17(13)18(23)21(26)27/h1-4,7-10,14,18H,5-6,11-12H2,(H,22,24)(H,26,27). The van der Waals surface area contributed by atoms with Crippen molar-refractivity contribution < 1.29 is 19.5 Å². The molecule has 1 saturated carbocycles. The third-order valence-electron chi connectivity index (χ3n) is 5.13. The lowest BCUT2D eigenvalue weighted by molar-refractivity contribution is -0.143. The molecule has 1 atom stereocenters. The van der Waals surface area contributed by atoms with Gasteiger partial charge in [0.1, 0.15) is 0 Å². The van der Waals surface area contributed by atoms with Gasteiger partial charge in [0, 0.05) is 23.7 Å². The number of amides is 2. The predicted octanol–water partition coefficient (Wildman–Crippen LogP) is 2.86. The Morgan fingerprint density at radius 3 is 2.37 bits per heavy atom. The van der Waals surface area contributed by atoms with Gasteiger partial charge in [0.2, 0.25) is 5.91 Å². The van der Waals surface area contributed by atoms with Gasteiger partial charge in [0.25, 0.3) is 5.91 Å². The molecule has 1 unspecified atom stereocenters. The first-order valence-corrected chi connectivity index (χ1v) is 9.07. The molecule has 4 rings (SSSR count). The summed E-state index contributed by atoms with van der Waals surface area (Å²) in [6, 6.07) is 13.0. The Kier molecular flexibility index (Phi) is 4.39. The topological polar surface area (TPSA) is 86.7 Å². The van der Waals surface area contributed by atoms with E-state index in [0.717, 1.165) is 18.4 Å². The maximum absolute atomic E-state index is 13.0. The first-order chi connectivity index (χ1) is 13.0. The van der Waals surface area contributed by atoms with Crippen LogP contribution in [0, 0.1) is 5.92 Å². The number of rotatable bonds is 4. The lowest BCUT2D eigenvalue weighted by Gasteiger charge is -2.34. The molecule has 27 heavy (non-hydrogen) atoms. The highest BCUT2D eigenvalue weighted by Gasteiger charge is 2.36. The van der Waals surface area contributed by atoms with E-state index in [2.05, 4.69) is 5.32 Å². The van der Waals surface area contributed by atoms with Crippen molar-refractivity contribution in [2.75, 3.05) is 11.9 Å². The van der Waals surface area contributed by atoms with Crippen LogP contribution in [0.1, 0.15) is 40.4 Å². The molecule has 2 aliphatic rings. The van der Waals surface area contributed by atoms with Crippen molar-refractivity contribution in [1.82, 2.24) is 4.90 Å².